The third-order valence-corrected chi connectivity index (χ3v) is 3.04. The smallest absolute Gasteiger partial charge is 0.123 e. The lowest BCUT2D eigenvalue weighted by atomic mass is 9.85. The van der Waals surface area contributed by atoms with Crippen LogP contribution >= 0.6 is 11.6 Å². The van der Waals surface area contributed by atoms with E-state index in [4.69, 9.17) is 11.6 Å². The van der Waals surface area contributed by atoms with Gasteiger partial charge in [0.25, 0.3) is 0 Å². The Bertz CT molecular complexity index is 322. The van der Waals surface area contributed by atoms with Crippen LogP contribution in [0.15, 0.2) is 18.2 Å². The van der Waals surface area contributed by atoms with Crippen molar-refractivity contribution in [1.29, 1.82) is 0 Å². The zero-order chi connectivity index (χ0) is 9.42. The molecule has 0 nitrogen and oxygen atoms in total. The lowest BCUT2D eigenvalue weighted by Crippen LogP contribution is -2.13. The summed E-state index contributed by atoms with van der Waals surface area (Å²) in [5, 5.41) is -0.00514. The first-order chi connectivity index (χ1) is 6.16. The van der Waals surface area contributed by atoms with Gasteiger partial charge in [-0.15, -0.1) is 11.6 Å². The maximum Gasteiger partial charge on any atom is 0.123 e. The quantitative estimate of drug-likeness (QED) is 0.558. The van der Waals surface area contributed by atoms with Gasteiger partial charge in [-0.05, 0) is 42.0 Å². The minimum Gasteiger partial charge on any atom is -0.207 e. The van der Waals surface area contributed by atoms with Crippen LogP contribution in [0.4, 0.5) is 4.39 Å². The second kappa shape index (κ2) is 3.30. The fourth-order valence-electron chi connectivity index (χ4n) is 1.98. The van der Waals surface area contributed by atoms with E-state index in [1.807, 2.05) is 6.07 Å². The maximum atomic E-state index is 12.9. The largest absolute Gasteiger partial charge is 0.207 e. The third kappa shape index (κ3) is 1.71. The molecule has 1 aliphatic carbocycles. The molecule has 0 spiro atoms. The van der Waals surface area contributed by atoms with Gasteiger partial charge in [0.2, 0.25) is 0 Å². The van der Waals surface area contributed by atoms with E-state index in [1.165, 1.54) is 11.6 Å². The topological polar surface area (TPSA) is 0 Å². The Morgan fingerprint density at radius 3 is 3.00 bits per heavy atom. The Balaban J connectivity index is 2.43. The van der Waals surface area contributed by atoms with Crippen molar-refractivity contribution >= 4 is 11.6 Å². The Labute approximate surface area is 82.7 Å². The SMILES string of the molecule is CC1Cc2ccc(F)cc2C(Cl)C1. The standard InChI is InChI=1S/C11H12ClF/c1-7-4-8-2-3-9(13)6-10(8)11(12)5-7/h2-3,6-7,11H,4-5H2,1H3. The lowest BCUT2D eigenvalue weighted by Gasteiger charge is -2.25. The van der Waals surface area contributed by atoms with Gasteiger partial charge in [0.05, 0.1) is 5.38 Å². The van der Waals surface area contributed by atoms with Gasteiger partial charge in [0, 0.05) is 0 Å². The van der Waals surface area contributed by atoms with Crippen molar-refractivity contribution in [1.82, 2.24) is 0 Å². The van der Waals surface area contributed by atoms with E-state index >= 15 is 0 Å². The average Bonchev–Trinajstić information content (AvgIpc) is 2.06. The molecule has 2 heteroatoms. The van der Waals surface area contributed by atoms with Crippen LogP contribution in [0.3, 0.4) is 0 Å². The van der Waals surface area contributed by atoms with Crippen molar-refractivity contribution in [3.05, 3.63) is 35.1 Å². The minimum absolute atomic E-state index is 0.00514. The summed E-state index contributed by atoms with van der Waals surface area (Å²) in [7, 11) is 0. The summed E-state index contributed by atoms with van der Waals surface area (Å²) in [4.78, 5) is 0. The van der Waals surface area contributed by atoms with Crippen molar-refractivity contribution < 1.29 is 4.39 Å². The molecule has 0 bridgehead atoms. The summed E-state index contributed by atoms with van der Waals surface area (Å²) in [5.74, 6) is 0.430. The van der Waals surface area contributed by atoms with Gasteiger partial charge in [-0.25, -0.2) is 4.39 Å². The highest BCUT2D eigenvalue weighted by Gasteiger charge is 2.22. The van der Waals surface area contributed by atoms with Gasteiger partial charge in [-0.3, -0.25) is 0 Å². The highest BCUT2D eigenvalue weighted by Crippen LogP contribution is 2.37. The molecule has 0 aromatic heterocycles. The van der Waals surface area contributed by atoms with Crippen LogP contribution in [-0.2, 0) is 6.42 Å². The van der Waals surface area contributed by atoms with Crippen molar-refractivity contribution in [2.24, 2.45) is 5.92 Å². The van der Waals surface area contributed by atoms with Crippen LogP contribution in [-0.4, -0.2) is 0 Å². The summed E-state index contributed by atoms with van der Waals surface area (Å²) in [5.41, 5.74) is 2.19. The Morgan fingerprint density at radius 1 is 1.46 bits per heavy atom. The summed E-state index contributed by atoms with van der Waals surface area (Å²) in [6.07, 6.45) is 1.98. The van der Waals surface area contributed by atoms with Gasteiger partial charge in [-0.1, -0.05) is 13.0 Å². The summed E-state index contributed by atoms with van der Waals surface area (Å²) < 4.78 is 12.9. The van der Waals surface area contributed by atoms with Gasteiger partial charge in [0.15, 0.2) is 0 Å². The number of hydrogen-bond donors (Lipinski definition) is 0. The predicted octanol–water partition coefficient (Wildman–Crippen LogP) is 3.69. The average molecular weight is 199 g/mol. The first-order valence-corrected chi connectivity index (χ1v) is 5.03. The Morgan fingerprint density at radius 2 is 2.23 bits per heavy atom. The number of halogens is 2. The maximum absolute atomic E-state index is 12.9. The van der Waals surface area contributed by atoms with E-state index in [1.54, 1.807) is 6.07 Å². The second-order valence-corrected chi connectivity index (χ2v) is 4.38. The fraction of sp³-hybridized carbons (Fsp3) is 0.455. The zero-order valence-electron chi connectivity index (χ0n) is 7.56. The Hall–Kier alpha value is -0.560. The van der Waals surface area contributed by atoms with Crippen LogP contribution in [0, 0.1) is 11.7 Å². The highest BCUT2D eigenvalue weighted by molar-refractivity contribution is 6.21. The van der Waals surface area contributed by atoms with E-state index in [2.05, 4.69) is 6.92 Å². The summed E-state index contributed by atoms with van der Waals surface area (Å²) >= 11 is 6.15. The van der Waals surface area contributed by atoms with Crippen LogP contribution in [0.2, 0.25) is 0 Å². The first-order valence-electron chi connectivity index (χ1n) is 4.59. The minimum atomic E-state index is -0.182. The first kappa shape index (κ1) is 9.01. The molecular formula is C11H12ClF. The molecule has 1 aromatic carbocycles. The molecule has 0 amide bonds. The van der Waals surface area contributed by atoms with Crippen LogP contribution in [0.5, 0.6) is 0 Å². The zero-order valence-corrected chi connectivity index (χ0v) is 8.31. The van der Waals surface area contributed by atoms with E-state index in [-0.39, 0.29) is 11.2 Å². The highest BCUT2D eigenvalue weighted by atomic mass is 35.5. The molecule has 0 radical (unpaired) electrons. The van der Waals surface area contributed by atoms with Gasteiger partial charge < -0.3 is 0 Å². The van der Waals surface area contributed by atoms with E-state index in [0.717, 1.165) is 18.4 Å². The normalized spacial score (nSPS) is 27.0. The molecule has 0 saturated carbocycles. The molecule has 1 aliphatic rings. The molecule has 70 valence electrons. The van der Waals surface area contributed by atoms with Crippen molar-refractivity contribution in [2.45, 2.75) is 25.1 Å². The van der Waals surface area contributed by atoms with Gasteiger partial charge in [0.1, 0.15) is 5.82 Å². The van der Waals surface area contributed by atoms with Crippen LogP contribution in [0.1, 0.15) is 29.8 Å². The van der Waals surface area contributed by atoms with E-state index < -0.39 is 0 Å². The summed E-state index contributed by atoms with van der Waals surface area (Å²) in [6.45, 7) is 2.18. The summed E-state index contributed by atoms with van der Waals surface area (Å²) in [6, 6.07) is 4.94. The molecule has 0 N–H and O–H groups in total. The number of benzene rings is 1. The molecule has 2 rings (SSSR count). The van der Waals surface area contributed by atoms with Crippen molar-refractivity contribution in [3.63, 3.8) is 0 Å². The molecule has 1 aromatic rings. The fourth-order valence-corrected chi connectivity index (χ4v) is 2.49. The van der Waals surface area contributed by atoms with Gasteiger partial charge >= 0.3 is 0 Å². The monoisotopic (exact) mass is 198 g/mol. The molecule has 0 aliphatic heterocycles. The van der Waals surface area contributed by atoms with Crippen LogP contribution in [0.25, 0.3) is 0 Å². The lowest BCUT2D eigenvalue weighted by molar-refractivity contribution is 0.488. The Kier molecular flexibility index (Phi) is 2.29. The van der Waals surface area contributed by atoms with Crippen molar-refractivity contribution in [3.8, 4) is 0 Å². The molecular weight excluding hydrogens is 187 g/mol. The van der Waals surface area contributed by atoms with E-state index in [9.17, 15) is 4.39 Å². The van der Waals surface area contributed by atoms with Gasteiger partial charge in [-0.2, -0.15) is 0 Å². The number of alkyl halides is 1. The third-order valence-electron chi connectivity index (χ3n) is 2.62. The molecule has 2 unspecified atom stereocenters. The molecule has 0 fully saturated rings. The number of fused-ring (bicyclic) bond motifs is 1. The number of hydrogen-bond acceptors (Lipinski definition) is 0. The number of rotatable bonds is 0. The van der Waals surface area contributed by atoms with Crippen LogP contribution < -0.4 is 0 Å². The van der Waals surface area contributed by atoms with E-state index in [0.29, 0.717) is 5.92 Å². The molecule has 0 saturated heterocycles. The van der Waals surface area contributed by atoms with Crippen molar-refractivity contribution in [2.75, 3.05) is 0 Å². The second-order valence-electron chi connectivity index (χ2n) is 3.86. The molecule has 0 heterocycles. The molecule has 2 atom stereocenters. The predicted molar refractivity (Wildman–Crippen MR) is 52.5 cm³/mol. The molecule has 13 heavy (non-hydrogen) atoms.